The number of hydrogen-bond acceptors (Lipinski definition) is 4. The van der Waals surface area contributed by atoms with E-state index in [1.165, 1.54) is 0 Å². The molecule has 8 heteroatoms. The molecule has 2 aromatic rings. The number of carbonyl (C=O) groups is 1. The number of benzene rings is 2. The van der Waals surface area contributed by atoms with Crippen LogP contribution in [0.3, 0.4) is 0 Å². The van der Waals surface area contributed by atoms with Gasteiger partial charge in [-0.25, -0.2) is 0 Å². The number of morpholine rings is 1. The summed E-state index contributed by atoms with van der Waals surface area (Å²) in [5, 5.41) is 16.9. The van der Waals surface area contributed by atoms with Gasteiger partial charge in [0.25, 0.3) is 0 Å². The van der Waals surface area contributed by atoms with E-state index in [1.54, 1.807) is 0 Å². The lowest BCUT2D eigenvalue weighted by atomic mass is 9.97. The highest BCUT2D eigenvalue weighted by atomic mass is 127. The zero-order valence-corrected chi connectivity index (χ0v) is 21.5. The predicted octanol–water partition coefficient (Wildman–Crippen LogP) is 2.93. The van der Waals surface area contributed by atoms with Crippen molar-refractivity contribution < 1.29 is 14.6 Å². The second-order valence-electron chi connectivity index (χ2n) is 7.76. The average molecular weight is 566 g/mol. The Hall–Kier alpha value is -2.17. The topological polar surface area (TPSA) is 86.2 Å². The van der Waals surface area contributed by atoms with Crippen molar-refractivity contribution in [1.82, 2.24) is 15.5 Å². The summed E-state index contributed by atoms with van der Waals surface area (Å²) in [6.07, 6.45) is 0.0232. The summed E-state index contributed by atoms with van der Waals surface area (Å²) >= 11 is 0. The van der Waals surface area contributed by atoms with Crippen LogP contribution in [-0.2, 0) is 9.53 Å². The van der Waals surface area contributed by atoms with Crippen LogP contribution in [0, 0.1) is 0 Å². The number of guanidine groups is 1. The van der Waals surface area contributed by atoms with Gasteiger partial charge >= 0.3 is 0 Å². The Morgan fingerprint density at radius 3 is 2.24 bits per heavy atom. The molecule has 33 heavy (non-hydrogen) atoms. The molecule has 180 valence electrons. The number of amides is 1. The van der Waals surface area contributed by atoms with Crippen molar-refractivity contribution in [1.29, 1.82) is 0 Å². The molecule has 1 aliphatic heterocycles. The maximum absolute atomic E-state index is 13.3. The fourth-order valence-corrected chi connectivity index (χ4v) is 3.71. The number of aliphatic imine (C=N–C) groups is 1. The first-order chi connectivity index (χ1) is 15.7. The second kappa shape index (κ2) is 14.9. The van der Waals surface area contributed by atoms with Crippen LogP contribution in [-0.4, -0.2) is 67.8 Å². The van der Waals surface area contributed by atoms with Gasteiger partial charge in [0.2, 0.25) is 5.91 Å². The standard InChI is InChI=1S/C25H34N4O3.HI/c1-2-26-25(27-14-13-23(30)21-11-7-4-8-12-21)28-19-22(20-9-5-3-6-10-20)24(31)29-15-17-32-18-16-29;/h3-12,22-23,30H,2,13-19H2,1H3,(H2,26,27,28);1H. The molecular weight excluding hydrogens is 531 g/mol. The molecule has 2 unspecified atom stereocenters. The van der Waals surface area contributed by atoms with Crippen LogP contribution in [0.15, 0.2) is 65.7 Å². The lowest BCUT2D eigenvalue weighted by Crippen LogP contribution is -2.44. The zero-order chi connectivity index (χ0) is 22.6. The maximum atomic E-state index is 13.3. The quantitative estimate of drug-likeness (QED) is 0.247. The van der Waals surface area contributed by atoms with E-state index in [4.69, 9.17) is 9.73 Å². The second-order valence-corrected chi connectivity index (χ2v) is 7.76. The van der Waals surface area contributed by atoms with Crippen molar-refractivity contribution in [3.63, 3.8) is 0 Å². The van der Waals surface area contributed by atoms with Crippen molar-refractivity contribution in [2.75, 3.05) is 45.9 Å². The summed E-state index contributed by atoms with van der Waals surface area (Å²) in [5.41, 5.74) is 1.86. The molecule has 1 fully saturated rings. The third kappa shape index (κ3) is 8.60. The van der Waals surface area contributed by atoms with Crippen LogP contribution in [0.5, 0.6) is 0 Å². The van der Waals surface area contributed by atoms with Crippen molar-refractivity contribution in [2.24, 2.45) is 4.99 Å². The third-order valence-corrected chi connectivity index (χ3v) is 5.49. The van der Waals surface area contributed by atoms with E-state index in [9.17, 15) is 9.90 Å². The van der Waals surface area contributed by atoms with E-state index in [2.05, 4.69) is 10.6 Å². The van der Waals surface area contributed by atoms with Crippen LogP contribution in [0.25, 0.3) is 0 Å². The molecule has 2 atom stereocenters. The summed E-state index contributed by atoms with van der Waals surface area (Å²) < 4.78 is 5.40. The molecule has 1 saturated heterocycles. The van der Waals surface area contributed by atoms with Gasteiger partial charge in [-0.3, -0.25) is 9.79 Å². The minimum absolute atomic E-state index is 0. The highest BCUT2D eigenvalue weighted by Crippen LogP contribution is 2.20. The first-order valence-electron chi connectivity index (χ1n) is 11.4. The van der Waals surface area contributed by atoms with Gasteiger partial charge in [-0.05, 0) is 24.5 Å². The lowest BCUT2D eigenvalue weighted by Gasteiger charge is -2.30. The van der Waals surface area contributed by atoms with Gasteiger partial charge in [0.1, 0.15) is 0 Å². The minimum atomic E-state index is -0.536. The summed E-state index contributed by atoms with van der Waals surface area (Å²) in [6.45, 7) is 5.99. The Labute approximate surface area is 213 Å². The Balaban J connectivity index is 0.00000385. The van der Waals surface area contributed by atoms with E-state index < -0.39 is 6.10 Å². The SMILES string of the molecule is CCNC(=NCC(C(=O)N1CCOCC1)c1ccccc1)NCCC(O)c1ccccc1.I. The van der Waals surface area contributed by atoms with E-state index in [-0.39, 0.29) is 35.8 Å². The van der Waals surface area contributed by atoms with Crippen LogP contribution in [0.2, 0.25) is 0 Å². The summed E-state index contributed by atoms with van der Waals surface area (Å²) in [5.74, 6) is 0.377. The number of ether oxygens (including phenoxy) is 1. The molecular formula is C25H35IN4O3. The molecule has 1 amide bonds. The van der Waals surface area contributed by atoms with Gasteiger partial charge < -0.3 is 25.4 Å². The Morgan fingerprint density at radius 2 is 1.64 bits per heavy atom. The molecule has 1 heterocycles. The van der Waals surface area contributed by atoms with Crippen LogP contribution in [0.4, 0.5) is 0 Å². The molecule has 3 N–H and O–H groups in total. The number of hydrogen-bond donors (Lipinski definition) is 3. The highest BCUT2D eigenvalue weighted by Gasteiger charge is 2.27. The molecule has 3 rings (SSSR count). The summed E-state index contributed by atoms with van der Waals surface area (Å²) in [4.78, 5) is 19.8. The number of carbonyl (C=O) groups excluding carboxylic acids is 1. The van der Waals surface area contributed by atoms with Gasteiger partial charge in [-0.1, -0.05) is 60.7 Å². The molecule has 0 radical (unpaired) electrons. The Bertz CT molecular complexity index is 845. The van der Waals surface area contributed by atoms with Crippen molar-refractivity contribution in [3.8, 4) is 0 Å². The van der Waals surface area contributed by atoms with Gasteiger partial charge in [-0.15, -0.1) is 24.0 Å². The molecule has 7 nitrogen and oxygen atoms in total. The molecule has 0 aliphatic carbocycles. The number of nitrogens with one attached hydrogen (secondary N) is 2. The maximum Gasteiger partial charge on any atom is 0.232 e. The van der Waals surface area contributed by atoms with E-state index in [0.29, 0.717) is 58.3 Å². The van der Waals surface area contributed by atoms with E-state index >= 15 is 0 Å². The number of aliphatic hydroxyl groups excluding tert-OH is 1. The van der Waals surface area contributed by atoms with E-state index in [0.717, 1.165) is 11.1 Å². The van der Waals surface area contributed by atoms with Crippen LogP contribution in [0.1, 0.15) is 36.5 Å². The van der Waals surface area contributed by atoms with Crippen molar-refractivity contribution in [3.05, 3.63) is 71.8 Å². The fourth-order valence-electron chi connectivity index (χ4n) is 3.71. The van der Waals surface area contributed by atoms with Crippen molar-refractivity contribution in [2.45, 2.75) is 25.4 Å². The smallest absolute Gasteiger partial charge is 0.232 e. The minimum Gasteiger partial charge on any atom is -0.388 e. The number of rotatable bonds is 9. The number of aliphatic hydroxyl groups is 1. The van der Waals surface area contributed by atoms with E-state index in [1.807, 2.05) is 72.5 Å². The molecule has 0 aromatic heterocycles. The Morgan fingerprint density at radius 1 is 1.03 bits per heavy atom. The highest BCUT2D eigenvalue weighted by molar-refractivity contribution is 14.0. The third-order valence-electron chi connectivity index (χ3n) is 5.49. The van der Waals surface area contributed by atoms with Crippen LogP contribution < -0.4 is 10.6 Å². The van der Waals surface area contributed by atoms with Crippen LogP contribution >= 0.6 is 24.0 Å². The first kappa shape index (κ1) is 27.1. The van der Waals surface area contributed by atoms with Crippen molar-refractivity contribution >= 4 is 35.8 Å². The predicted molar refractivity (Wildman–Crippen MR) is 142 cm³/mol. The molecule has 0 bridgehead atoms. The summed E-state index contributed by atoms with van der Waals surface area (Å²) in [7, 11) is 0. The van der Waals surface area contributed by atoms with Gasteiger partial charge in [0, 0.05) is 26.2 Å². The summed E-state index contributed by atoms with van der Waals surface area (Å²) in [6, 6.07) is 19.4. The number of nitrogens with zero attached hydrogens (tertiary/aromatic N) is 2. The Kier molecular flexibility index (Phi) is 12.2. The lowest BCUT2D eigenvalue weighted by molar-refractivity contribution is -0.136. The molecule has 1 aliphatic rings. The molecule has 0 spiro atoms. The average Bonchev–Trinajstić information content (AvgIpc) is 2.85. The number of halogens is 1. The largest absolute Gasteiger partial charge is 0.388 e. The molecule has 2 aromatic carbocycles. The van der Waals surface area contributed by atoms with Gasteiger partial charge in [0.05, 0.1) is 31.8 Å². The monoisotopic (exact) mass is 566 g/mol. The normalized spacial score (nSPS) is 15.8. The first-order valence-corrected chi connectivity index (χ1v) is 11.4. The van der Waals surface area contributed by atoms with Gasteiger partial charge in [0.15, 0.2) is 5.96 Å². The zero-order valence-electron chi connectivity index (χ0n) is 19.2. The molecule has 0 saturated carbocycles. The van der Waals surface area contributed by atoms with Gasteiger partial charge in [-0.2, -0.15) is 0 Å². The fraction of sp³-hybridized carbons (Fsp3) is 0.440.